The van der Waals surface area contributed by atoms with Crippen LogP contribution in [0.4, 0.5) is 10.1 Å². The normalized spacial score (nSPS) is 14.8. The van der Waals surface area contributed by atoms with Crippen molar-refractivity contribution in [1.82, 2.24) is 9.80 Å². The van der Waals surface area contributed by atoms with Crippen LogP contribution in [0.2, 0.25) is 0 Å². The first kappa shape index (κ1) is 20.1. The highest BCUT2D eigenvalue weighted by molar-refractivity contribution is 5.78. The van der Waals surface area contributed by atoms with Crippen LogP contribution < -0.4 is 9.64 Å². The Morgan fingerprint density at radius 2 is 1.82 bits per heavy atom. The summed E-state index contributed by atoms with van der Waals surface area (Å²) in [7, 11) is 1.67. The number of carbonyl (C=O) groups excluding carboxylic acids is 1. The van der Waals surface area contributed by atoms with Gasteiger partial charge < -0.3 is 14.5 Å². The van der Waals surface area contributed by atoms with Gasteiger partial charge in [0.25, 0.3) is 0 Å². The quantitative estimate of drug-likeness (QED) is 0.734. The van der Waals surface area contributed by atoms with Crippen LogP contribution in [0.5, 0.6) is 5.75 Å². The largest absolute Gasteiger partial charge is 0.497 e. The minimum atomic E-state index is -0.268. The van der Waals surface area contributed by atoms with Crippen LogP contribution >= 0.6 is 0 Å². The second-order valence-corrected chi connectivity index (χ2v) is 7.00. The van der Waals surface area contributed by atoms with Crippen molar-refractivity contribution in [3.8, 4) is 5.75 Å². The summed E-state index contributed by atoms with van der Waals surface area (Å²) >= 11 is 0. The van der Waals surface area contributed by atoms with E-state index in [1.54, 1.807) is 18.1 Å². The molecule has 1 aliphatic heterocycles. The molecule has 2 aromatic rings. The molecule has 1 saturated heterocycles. The maximum absolute atomic E-state index is 13.4. The zero-order valence-electron chi connectivity index (χ0n) is 16.6. The molecule has 1 amide bonds. The number of hydrogen-bond acceptors (Lipinski definition) is 4. The van der Waals surface area contributed by atoms with E-state index in [2.05, 4.69) is 21.9 Å². The molecule has 28 heavy (non-hydrogen) atoms. The Labute approximate surface area is 166 Å². The van der Waals surface area contributed by atoms with Crippen LogP contribution in [0.1, 0.15) is 12.5 Å². The lowest BCUT2D eigenvalue weighted by Gasteiger charge is -2.36. The summed E-state index contributed by atoms with van der Waals surface area (Å²) in [5.41, 5.74) is 1.99. The van der Waals surface area contributed by atoms with E-state index in [9.17, 15) is 9.18 Å². The highest BCUT2D eigenvalue weighted by Crippen LogP contribution is 2.20. The van der Waals surface area contributed by atoms with Crippen molar-refractivity contribution < 1.29 is 13.9 Å². The van der Waals surface area contributed by atoms with Gasteiger partial charge in [-0.1, -0.05) is 12.1 Å². The number of benzene rings is 2. The van der Waals surface area contributed by atoms with Crippen LogP contribution in [0.3, 0.4) is 0 Å². The van der Waals surface area contributed by atoms with E-state index in [-0.39, 0.29) is 11.7 Å². The number of methoxy groups -OCH3 is 1. The fourth-order valence-electron chi connectivity index (χ4n) is 3.48. The predicted octanol–water partition coefficient (Wildman–Crippen LogP) is 3.01. The van der Waals surface area contributed by atoms with Gasteiger partial charge >= 0.3 is 0 Å². The van der Waals surface area contributed by atoms with Gasteiger partial charge in [-0.2, -0.15) is 0 Å². The summed E-state index contributed by atoms with van der Waals surface area (Å²) in [4.78, 5) is 19.0. The van der Waals surface area contributed by atoms with Gasteiger partial charge in [-0.3, -0.25) is 9.69 Å². The van der Waals surface area contributed by atoms with Gasteiger partial charge in [-0.05, 0) is 48.9 Å². The molecule has 1 heterocycles. The van der Waals surface area contributed by atoms with Crippen LogP contribution in [0.25, 0.3) is 0 Å². The van der Waals surface area contributed by atoms with Gasteiger partial charge in [0.05, 0.1) is 13.7 Å². The first-order chi connectivity index (χ1) is 13.6. The fourth-order valence-corrected chi connectivity index (χ4v) is 3.48. The van der Waals surface area contributed by atoms with Crippen molar-refractivity contribution in [1.29, 1.82) is 0 Å². The molecule has 0 unspecified atom stereocenters. The Hall–Kier alpha value is -2.60. The van der Waals surface area contributed by atoms with Crippen molar-refractivity contribution in [3.05, 3.63) is 59.9 Å². The number of rotatable bonds is 7. The Balaban J connectivity index is 1.50. The molecule has 0 spiro atoms. The first-order valence-electron chi connectivity index (χ1n) is 9.72. The van der Waals surface area contributed by atoms with Gasteiger partial charge in [0.15, 0.2) is 0 Å². The van der Waals surface area contributed by atoms with Crippen LogP contribution in [-0.4, -0.2) is 62.1 Å². The monoisotopic (exact) mass is 385 g/mol. The van der Waals surface area contributed by atoms with Crippen LogP contribution in [-0.2, 0) is 11.3 Å². The van der Waals surface area contributed by atoms with Gasteiger partial charge in [0.1, 0.15) is 11.6 Å². The molecular weight excluding hydrogens is 357 g/mol. The van der Waals surface area contributed by atoms with E-state index < -0.39 is 0 Å². The van der Waals surface area contributed by atoms with E-state index in [4.69, 9.17) is 4.74 Å². The number of nitrogens with zero attached hydrogens (tertiary/aromatic N) is 3. The van der Waals surface area contributed by atoms with Crippen LogP contribution in [0.15, 0.2) is 48.5 Å². The average molecular weight is 385 g/mol. The second kappa shape index (κ2) is 9.55. The van der Waals surface area contributed by atoms with E-state index in [0.717, 1.165) is 37.5 Å². The standard InChI is InChI=1S/C22H28FN3O2/c1-3-25(16-18-5-4-6-19(23)15-18)22(27)17-24-11-13-26(14-12-24)20-7-9-21(28-2)10-8-20/h4-10,15H,3,11-14,16-17H2,1-2H3. The number of hydrogen-bond donors (Lipinski definition) is 0. The smallest absolute Gasteiger partial charge is 0.237 e. The molecule has 150 valence electrons. The molecule has 0 radical (unpaired) electrons. The third kappa shape index (κ3) is 5.23. The molecule has 0 bridgehead atoms. The average Bonchev–Trinajstić information content (AvgIpc) is 2.72. The SMILES string of the molecule is CCN(Cc1cccc(F)c1)C(=O)CN1CCN(c2ccc(OC)cc2)CC1. The van der Waals surface area contributed by atoms with Crippen molar-refractivity contribution in [2.45, 2.75) is 13.5 Å². The van der Waals surface area contributed by atoms with Gasteiger partial charge in [-0.25, -0.2) is 4.39 Å². The molecule has 0 N–H and O–H groups in total. The van der Waals surface area contributed by atoms with Crippen molar-refractivity contribution >= 4 is 11.6 Å². The summed E-state index contributed by atoms with van der Waals surface area (Å²) in [5, 5.41) is 0. The van der Waals surface area contributed by atoms with E-state index >= 15 is 0 Å². The second-order valence-electron chi connectivity index (χ2n) is 7.00. The lowest BCUT2D eigenvalue weighted by atomic mass is 10.2. The van der Waals surface area contributed by atoms with Crippen molar-refractivity contribution in [2.75, 3.05) is 51.3 Å². The zero-order chi connectivity index (χ0) is 19.9. The van der Waals surface area contributed by atoms with Crippen molar-refractivity contribution in [3.63, 3.8) is 0 Å². The Morgan fingerprint density at radius 3 is 2.43 bits per heavy atom. The Bertz CT molecular complexity index is 774. The molecule has 0 atom stereocenters. The topological polar surface area (TPSA) is 36.0 Å². The number of carbonyl (C=O) groups is 1. The Morgan fingerprint density at radius 1 is 1.11 bits per heavy atom. The Kier molecular flexibility index (Phi) is 6.87. The summed E-state index contributed by atoms with van der Waals surface area (Å²) in [6, 6.07) is 14.5. The first-order valence-corrected chi connectivity index (χ1v) is 9.72. The lowest BCUT2D eigenvalue weighted by molar-refractivity contribution is -0.132. The highest BCUT2D eigenvalue weighted by atomic mass is 19.1. The minimum Gasteiger partial charge on any atom is -0.497 e. The van der Waals surface area contributed by atoms with Crippen LogP contribution in [0, 0.1) is 5.82 Å². The van der Waals surface area contributed by atoms with Gasteiger partial charge in [0, 0.05) is 45.0 Å². The molecule has 3 rings (SSSR count). The molecule has 1 aliphatic rings. The summed E-state index contributed by atoms with van der Waals surface area (Å²) < 4.78 is 18.6. The molecule has 0 saturated carbocycles. The van der Waals surface area contributed by atoms with E-state index in [0.29, 0.717) is 19.6 Å². The molecule has 6 heteroatoms. The zero-order valence-corrected chi connectivity index (χ0v) is 16.6. The molecule has 0 aromatic heterocycles. The molecule has 1 fully saturated rings. The third-order valence-corrected chi connectivity index (χ3v) is 5.17. The number of anilines is 1. The van der Waals surface area contributed by atoms with Gasteiger partial charge in [-0.15, -0.1) is 0 Å². The maximum atomic E-state index is 13.4. The number of piperazine rings is 1. The molecule has 5 nitrogen and oxygen atoms in total. The van der Waals surface area contributed by atoms with Crippen molar-refractivity contribution in [2.24, 2.45) is 0 Å². The summed E-state index contributed by atoms with van der Waals surface area (Å²) in [6.45, 7) is 6.87. The lowest BCUT2D eigenvalue weighted by Crippen LogP contribution is -2.50. The molecule has 0 aliphatic carbocycles. The predicted molar refractivity (Wildman–Crippen MR) is 109 cm³/mol. The van der Waals surface area contributed by atoms with Gasteiger partial charge in [0.2, 0.25) is 5.91 Å². The number of likely N-dealkylation sites (N-methyl/N-ethyl adjacent to an activating group) is 1. The van der Waals surface area contributed by atoms with E-state index in [1.807, 2.05) is 25.1 Å². The van der Waals surface area contributed by atoms with E-state index in [1.165, 1.54) is 17.8 Å². The number of halogens is 1. The number of ether oxygens (including phenoxy) is 1. The molecular formula is C22H28FN3O2. The summed E-state index contributed by atoms with van der Waals surface area (Å²) in [5.74, 6) is 0.672. The molecule has 2 aromatic carbocycles. The highest BCUT2D eigenvalue weighted by Gasteiger charge is 2.21. The summed E-state index contributed by atoms with van der Waals surface area (Å²) in [6.07, 6.45) is 0. The number of amides is 1. The fraction of sp³-hybridized carbons (Fsp3) is 0.409. The maximum Gasteiger partial charge on any atom is 0.237 e. The minimum absolute atomic E-state index is 0.0876. The third-order valence-electron chi connectivity index (χ3n) is 5.17.